The van der Waals surface area contributed by atoms with Gasteiger partial charge in [0.05, 0.1) is 5.88 Å². The summed E-state index contributed by atoms with van der Waals surface area (Å²) in [5.74, 6) is 0.442. The Kier molecular flexibility index (Phi) is 4.63. The van der Waals surface area contributed by atoms with Crippen LogP contribution in [0.15, 0.2) is 65.8 Å². The lowest BCUT2D eigenvalue weighted by molar-refractivity contribution is -0.117. The molecule has 0 saturated carbocycles. The van der Waals surface area contributed by atoms with Crippen molar-refractivity contribution in [2.24, 2.45) is 5.10 Å². The van der Waals surface area contributed by atoms with E-state index in [1.54, 1.807) is 6.26 Å². The van der Waals surface area contributed by atoms with Crippen LogP contribution in [0.1, 0.15) is 11.1 Å². The fourth-order valence-corrected chi connectivity index (χ4v) is 5.47. The highest BCUT2D eigenvalue weighted by molar-refractivity contribution is 8.15. The van der Waals surface area contributed by atoms with Gasteiger partial charge in [-0.05, 0) is 11.1 Å². The van der Waals surface area contributed by atoms with E-state index in [2.05, 4.69) is 5.10 Å². The number of hydrogen-bond donors (Lipinski definition) is 0. The minimum Gasteiger partial charge on any atom is -0.277 e. The zero-order valence-electron chi connectivity index (χ0n) is 12.6. The summed E-state index contributed by atoms with van der Waals surface area (Å²) in [5.41, 5.74) is 1.82. The van der Waals surface area contributed by atoms with Gasteiger partial charge in [0.15, 0.2) is 0 Å². The summed E-state index contributed by atoms with van der Waals surface area (Å²) in [6.45, 7) is 0. The van der Waals surface area contributed by atoms with Gasteiger partial charge in [0.25, 0.3) is 0 Å². The minimum atomic E-state index is -1.26. The van der Waals surface area contributed by atoms with Crippen molar-refractivity contribution in [3.8, 4) is 0 Å². The molecule has 0 bridgehead atoms. The number of carbonyl (C=O) groups excluding carboxylic acids is 1. The van der Waals surface area contributed by atoms with E-state index in [0.29, 0.717) is 17.3 Å². The van der Waals surface area contributed by atoms with Gasteiger partial charge in [0.2, 0.25) is 6.41 Å². The molecule has 118 valence electrons. The molecule has 1 atom stereocenters. The molecule has 0 aromatic heterocycles. The summed E-state index contributed by atoms with van der Waals surface area (Å²) in [4.78, 5) is 11.1. The summed E-state index contributed by atoms with van der Waals surface area (Å²) >= 11 is 1.45. The van der Waals surface area contributed by atoms with Crippen molar-refractivity contribution in [1.29, 1.82) is 0 Å². The van der Waals surface area contributed by atoms with E-state index in [9.17, 15) is 9.00 Å². The first-order valence-electron chi connectivity index (χ1n) is 7.08. The third kappa shape index (κ3) is 2.72. The maximum absolute atomic E-state index is 13.0. The van der Waals surface area contributed by atoms with Gasteiger partial charge in [-0.25, -0.2) is 5.01 Å². The molecule has 1 aliphatic rings. The van der Waals surface area contributed by atoms with Gasteiger partial charge in [-0.1, -0.05) is 72.4 Å². The number of amides is 1. The largest absolute Gasteiger partial charge is 0.277 e. The van der Waals surface area contributed by atoms with Gasteiger partial charge in [-0.15, -0.1) is 0 Å². The van der Waals surface area contributed by atoms with E-state index in [1.165, 1.54) is 16.8 Å². The van der Waals surface area contributed by atoms with Gasteiger partial charge in [-0.3, -0.25) is 9.00 Å². The van der Waals surface area contributed by atoms with E-state index in [0.717, 1.165) is 11.1 Å². The molecule has 0 spiro atoms. The quantitative estimate of drug-likeness (QED) is 0.784. The molecule has 2 aromatic carbocycles. The van der Waals surface area contributed by atoms with Crippen LogP contribution < -0.4 is 0 Å². The van der Waals surface area contributed by atoms with Crippen LogP contribution in [0.4, 0.5) is 0 Å². The maximum Gasteiger partial charge on any atom is 0.230 e. The van der Waals surface area contributed by atoms with Gasteiger partial charge >= 0.3 is 0 Å². The Morgan fingerprint density at radius 2 is 1.61 bits per heavy atom. The van der Waals surface area contributed by atoms with Crippen molar-refractivity contribution in [1.82, 2.24) is 5.01 Å². The summed E-state index contributed by atoms with van der Waals surface area (Å²) in [5, 5.41) is 6.43. The molecular weight excluding hydrogens is 328 g/mol. The maximum atomic E-state index is 13.0. The van der Waals surface area contributed by atoms with Crippen molar-refractivity contribution in [2.75, 3.05) is 12.1 Å². The lowest BCUT2D eigenvalue weighted by atomic mass is 9.91. The SMILES string of the molecule is CS(=O)C(C1=NN(C=O)CS1)(c1ccccc1)c1ccccc1. The van der Waals surface area contributed by atoms with Crippen LogP contribution in [-0.4, -0.2) is 32.8 Å². The van der Waals surface area contributed by atoms with Crippen LogP contribution in [0.2, 0.25) is 0 Å². The zero-order chi connectivity index (χ0) is 16.3. The standard InChI is InChI=1S/C17H16N2O2S2/c1-23(21)17(14-8-4-2-5-9-14,15-10-6-3-7-11-15)16-18-19(12-20)13-22-16/h2-12H,13H2,1H3. The molecule has 1 unspecified atom stereocenters. The average molecular weight is 344 g/mol. The molecule has 1 heterocycles. The second-order valence-corrected chi connectivity index (χ2v) is 7.55. The molecule has 23 heavy (non-hydrogen) atoms. The molecule has 0 N–H and O–H groups in total. The van der Waals surface area contributed by atoms with Crippen molar-refractivity contribution in [3.05, 3.63) is 71.8 Å². The van der Waals surface area contributed by atoms with Crippen LogP contribution in [-0.2, 0) is 20.3 Å². The number of hydrazone groups is 1. The van der Waals surface area contributed by atoms with E-state index >= 15 is 0 Å². The summed E-state index contributed by atoms with van der Waals surface area (Å²) < 4.78 is 12.1. The number of benzene rings is 2. The lowest BCUT2D eigenvalue weighted by Gasteiger charge is -2.32. The third-order valence-corrected chi connectivity index (χ3v) is 6.48. The van der Waals surface area contributed by atoms with E-state index in [-0.39, 0.29) is 0 Å². The Hall–Kier alpha value is -1.92. The summed E-state index contributed by atoms with van der Waals surface area (Å²) in [6, 6.07) is 19.4. The first-order chi connectivity index (χ1) is 11.2. The monoisotopic (exact) mass is 344 g/mol. The lowest BCUT2D eigenvalue weighted by Crippen LogP contribution is -2.39. The van der Waals surface area contributed by atoms with Gasteiger partial charge in [0, 0.05) is 17.1 Å². The van der Waals surface area contributed by atoms with Gasteiger partial charge < -0.3 is 0 Å². The molecule has 0 fully saturated rings. The summed E-state index contributed by atoms with van der Waals surface area (Å²) in [7, 11) is -1.26. The molecule has 0 saturated heterocycles. The van der Waals surface area contributed by atoms with Crippen molar-refractivity contribution < 1.29 is 9.00 Å². The van der Waals surface area contributed by atoms with Crippen LogP contribution in [0.3, 0.4) is 0 Å². The van der Waals surface area contributed by atoms with E-state index in [1.807, 2.05) is 60.7 Å². The van der Waals surface area contributed by atoms with Crippen molar-refractivity contribution in [2.45, 2.75) is 4.75 Å². The number of carbonyl (C=O) groups is 1. The molecule has 1 amide bonds. The van der Waals surface area contributed by atoms with Crippen molar-refractivity contribution in [3.63, 3.8) is 0 Å². The zero-order valence-corrected chi connectivity index (χ0v) is 14.2. The Balaban J connectivity index is 2.28. The normalized spacial score (nSPS) is 16.0. The number of thioether (sulfide) groups is 1. The Labute approximate surface area is 142 Å². The topological polar surface area (TPSA) is 49.7 Å². The van der Waals surface area contributed by atoms with Gasteiger partial charge in [0.1, 0.15) is 9.79 Å². The van der Waals surface area contributed by atoms with Crippen LogP contribution in [0, 0.1) is 0 Å². The number of rotatable bonds is 5. The summed E-state index contributed by atoms with van der Waals surface area (Å²) in [6.07, 6.45) is 2.38. The highest BCUT2D eigenvalue weighted by atomic mass is 32.2. The van der Waals surface area contributed by atoms with Gasteiger partial charge in [-0.2, -0.15) is 5.10 Å². The Bertz CT molecular complexity index is 708. The average Bonchev–Trinajstić information content (AvgIpc) is 3.06. The second kappa shape index (κ2) is 6.68. The molecule has 4 nitrogen and oxygen atoms in total. The third-order valence-electron chi connectivity index (χ3n) is 3.77. The number of nitrogens with zero attached hydrogens (tertiary/aromatic N) is 2. The molecule has 2 aromatic rings. The predicted molar refractivity (Wildman–Crippen MR) is 95.5 cm³/mol. The predicted octanol–water partition coefficient (Wildman–Crippen LogP) is 2.78. The fourth-order valence-electron chi connectivity index (χ4n) is 2.74. The second-order valence-electron chi connectivity index (χ2n) is 5.09. The van der Waals surface area contributed by atoms with Crippen molar-refractivity contribution >= 4 is 34.0 Å². The first kappa shape index (κ1) is 16.0. The number of hydrogen-bond acceptors (Lipinski definition) is 4. The van der Waals surface area contributed by atoms with Crippen LogP contribution >= 0.6 is 11.8 Å². The Morgan fingerprint density at radius 3 is 2.00 bits per heavy atom. The molecule has 0 radical (unpaired) electrons. The van der Waals surface area contributed by atoms with Crippen LogP contribution in [0.25, 0.3) is 0 Å². The Morgan fingerprint density at radius 1 is 1.09 bits per heavy atom. The van der Waals surface area contributed by atoms with E-state index in [4.69, 9.17) is 0 Å². The van der Waals surface area contributed by atoms with Crippen LogP contribution in [0.5, 0.6) is 0 Å². The molecule has 1 aliphatic heterocycles. The highest BCUT2D eigenvalue weighted by Gasteiger charge is 2.46. The molecular formula is C17H16N2O2S2. The minimum absolute atomic E-state index is 0.442. The molecule has 6 heteroatoms. The van der Waals surface area contributed by atoms with E-state index < -0.39 is 15.5 Å². The molecule has 3 rings (SSSR count). The fraction of sp³-hybridized carbons (Fsp3) is 0.176. The first-order valence-corrected chi connectivity index (χ1v) is 9.62. The smallest absolute Gasteiger partial charge is 0.230 e. The molecule has 0 aliphatic carbocycles. The highest BCUT2D eigenvalue weighted by Crippen LogP contribution is 2.42.